The maximum absolute atomic E-state index is 5.09. The van der Waals surface area contributed by atoms with Gasteiger partial charge in [0, 0.05) is 29.2 Å². The molecule has 17 heavy (non-hydrogen) atoms. The molecule has 0 unspecified atom stereocenters. The predicted octanol–water partition coefficient (Wildman–Crippen LogP) is 2.47. The highest BCUT2D eigenvalue weighted by atomic mass is 16.5. The van der Waals surface area contributed by atoms with E-state index in [2.05, 4.69) is 15.0 Å². The Morgan fingerprint density at radius 3 is 2.29 bits per heavy atom. The van der Waals surface area contributed by atoms with Crippen molar-refractivity contribution in [1.29, 1.82) is 0 Å². The Hall–Kier alpha value is -1.97. The lowest BCUT2D eigenvalue weighted by molar-refractivity contribution is 0.398. The van der Waals surface area contributed by atoms with Crippen molar-refractivity contribution in [2.45, 2.75) is 20.8 Å². The fourth-order valence-electron chi connectivity index (χ4n) is 1.56. The smallest absolute Gasteiger partial charge is 0.213 e. The Morgan fingerprint density at radius 2 is 1.71 bits per heavy atom. The highest BCUT2D eigenvalue weighted by Gasteiger charge is 2.07. The van der Waals surface area contributed by atoms with Gasteiger partial charge in [-0.3, -0.25) is 0 Å². The van der Waals surface area contributed by atoms with Gasteiger partial charge in [-0.15, -0.1) is 0 Å². The fourth-order valence-corrected chi connectivity index (χ4v) is 1.56. The summed E-state index contributed by atoms with van der Waals surface area (Å²) in [5.74, 6) is 1.29. The molecular weight excluding hydrogens is 214 g/mol. The van der Waals surface area contributed by atoms with Gasteiger partial charge in [0.05, 0.1) is 7.11 Å². The van der Waals surface area contributed by atoms with Gasteiger partial charge in [-0.2, -0.15) is 0 Å². The third-order valence-corrected chi connectivity index (χ3v) is 2.83. The molecule has 4 heteroatoms. The molecule has 0 aliphatic heterocycles. The van der Waals surface area contributed by atoms with Crippen LogP contribution in [0.1, 0.15) is 17.0 Å². The van der Waals surface area contributed by atoms with Crippen molar-refractivity contribution in [2.24, 2.45) is 0 Å². The number of ether oxygens (including phenoxy) is 1. The molecule has 88 valence electrons. The quantitative estimate of drug-likeness (QED) is 0.793. The molecule has 0 amide bonds. The Kier molecular flexibility index (Phi) is 3.04. The summed E-state index contributed by atoms with van der Waals surface area (Å²) < 4.78 is 5.09. The molecule has 0 atom stereocenters. The lowest BCUT2D eigenvalue weighted by atomic mass is 10.2. The fraction of sp³-hybridized carbons (Fsp3) is 0.308. The first-order chi connectivity index (χ1) is 8.11. The Labute approximate surface area is 101 Å². The zero-order chi connectivity index (χ0) is 12.4. The topological polar surface area (TPSA) is 47.9 Å². The van der Waals surface area contributed by atoms with Crippen LogP contribution in [0.25, 0.3) is 11.4 Å². The van der Waals surface area contributed by atoms with Gasteiger partial charge in [-0.05, 0) is 32.4 Å². The maximum atomic E-state index is 5.09. The van der Waals surface area contributed by atoms with Crippen LogP contribution in [0.2, 0.25) is 0 Å². The molecule has 0 N–H and O–H groups in total. The highest BCUT2D eigenvalue weighted by Crippen LogP contribution is 2.20. The van der Waals surface area contributed by atoms with Crippen LogP contribution in [0.15, 0.2) is 18.3 Å². The number of nitrogens with zero attached hydrogens (tertiary/aromatic N) is 3. The van der Waals surface area contributed by atoms with Crippen molar-refractivity contribution in [2.75, 3.05) is 7.11 Å². The summed E-state index contributed by atoms with van der Waals surface area (Å²) in [6.45, 7) is 6.01. The molecule has 0 aliphatic rings. The van der Waals surface area contributed by atoms with E-state index in [0.717, 1.165) is 22.5 Å². The van der Waals surface area contributed by atoms with E-state index >= 15 is 0 Å². The minimum absolute atomic E-state index is 0.571. The second kappa shape index (κ2) is 4.49. The highest BCUT2D eigenvalue weighted by molar-refractivity contribution is 5.56. The molecule has 0 saturated carbocycles. The van der Waals surface area contributed by atoms with Gasteiger partial charge < -0.3 is 4.74 Å². The van der Waals surface area contributed by atoms with Gasteiger partial charge in [0.1, 0.15) is 0 Å². The third-order valence-electron chi connectivity index (χ3n) is 2.83. The standard InChI is InChI=1S/C13H15N3O/c1-8-9(2)15-13(16-10(8)3)11-5-6-14-12(7-11)17-4/h5-7H,1-4H3. The normalized spacial score (nSPS) is 10.4. The summed E-state index contributed by atoms with van der Waals surface area (Å²) >= 11 is 0. The van der Waals surface area contributed by atoms with Crippen molar-refractivity contribution < 1.29 is 4.74 Å². The first kappa shape index (κ1) is 11.5. The Morgan fingerprint density at radius 1 is 1.06 bits per heavy atom. The maximum Gasteiger partial charge on any atom is 0.213 e. The largest absolute Gasteiger partial charge is 0.481 e. The number of aryl methyl sites for hydroxylation is 2. The predicted molar refractivity (Wildman–Crippen MR) is 66.0 cm³/mol. The molecule has 0 bridgehead atoms. The molecule has 0 saturated heterocycles. The van der Waals surface area contributed by atoms with Crippen LogP contribution in [0.3, 0.4) is 0 Å². The molecule has 2 aromatic rings. The molecule has 2 heterocycles. The molecular formula is C13H15N3O. The van der Waals surface area contributed by atoms with Crippen molar-refractivity contribution in [3.63, 3.8) is 0 Å². The van der Waals surface area contributed by atoms with E-state index in [1.807, 2.05) is 32.9 Å². The van der Waals surface area contributed by atoms with Gasteiger partial charge in [0.2, 0.25) is 5.88 Å². The molecule has 2 aromatic heterocycles. The number of rotatable bonds is 2. The van der Waals surface area contributed by atoms with E-state index < -0.39 is 0 Å². The first-order valence-electron chi connectivity index (χ1n) is 5.44. The number of methoxy groups -OCH3 is 1. The van der Waals surface area contributed by atoms with Crippen LogP contribution in [-0.4, -0.2) is 22.1 Å². The summed E-state index contributed by atoms with van der Waals surface area (Å²) in [5.41, 5.74) is 4.06. The summed E-state index contributed by atoms with van der Waals surface area (Å²) in [5, 5.41) is 0. The Balaban J connectivity index is 2.52. The molecule has 4 nitrogen and oxygen atoms in total. The van der Waals surface area contributed by atoms with Gasteiger partial charge in [0.25, 0.3) is 0 Å². The van der Waals surface area contributed by atoms with E-state index in [0.29, 0.717) is 11.7 Å². The van der Waals surface area contributed by atoms with E-state index in [1.54, 1.807) is 13.3 Å². The summed E-state index contributed by atoms with van der Waals surface area (Å²) in [6, 6.07) is 3.72. The summed E-state index contributed by atoms with van der Waals surface area (Å²) in [4.78, 5) is 13.0. The van der Waals surface area contributed by atoms with Crippen molar-refractivity contribution in [3.05, 3.63) is 35.3 Å². The van der Waals surface area contributed by atoms with Gasteiger partial charge in [-0.1, -0.05) is 0 Å². The zero-order valence-electron chi connectivity index (χ0n) is 10.5. The average Bonchev–Trinajstić information content (AvgIpc) is 2.35. The molecule has 0 aliphatic carbocycles. The van der Waals surface area contributed by atoms with Crippen molar-refractivity contribution >= 4 is 0 Å². The van der Waals surface area contributed by atoms with Gasteiger partial charge >= 0.3 is 0 Å². The van der Waals surface area contributed by atoms with Crippen molar-refractivity contribution in [3.8, 4) is 17.3 Å². The number of pyridine rings is 1. The average molecular weight is 229 g/mol. The van der Waals surface area contributed by atoms with E-state index in [4.69, 9.17) is 4.74 Å². The molecule has 0 fully saturated rings. The minimum Gasteiger partial charge on any atom is -0.481 e. The van der Waals surface area contributed by atoms with Crippen LogP contribution in [0.4, 0.5) is 0 Å². The third kappa shape index (κ3) is 2.25. The first-order valence-corrected chi connectivity index (χ1v) is 5.44. The van der Waals surface area contributed by atoms with Crippen molar-refractivity contribution in [1.82, 2.24) is 15.0 Å². The second-order valence-electron chi connectivity index (χ2n) is 3.93. The van der Waals surface area contributed by atoms with E-state index in [-0.39, 0.29) is 0 Å². The van der Waals surface area contributed by atoms with Crippen LogP contribution >= 0.6 is 0 Å². The lowest BCUT2D eigenvalue weighted by Crippen LogP contribution is -1.99. The second-order valence-corrected chi connectivity index (χ2v) is 3.93. The SMILES string of the molecule is COc1cc(-c2nc(C)c(C)c(C)n2)ccn1. The lowest BCUT2D eigenvalue weighted by Gasteiger charge is -2.07. The minimum atomic E-state index is 0.571. The number of hydrogen-bond donors (Lipinski definition) is 0. The van der Waals surface area contributed by atoms with Crippen LogP contribution in [0, 0.1) is 20.8 Å². The number of aromatic nitrogens is 3. The van der Waals surface area contributed by atoms with Crippen LogP contribution < -0.4 is 4.74 Å². The zero-order valence-corrected chi connectivity index (χ0v) is 10.5. The van der Waals surface area contributed by atoms with Crippen LogP contribution in [0.5, 0.6) is 5.88 Å². The van der Waals surface area contributed by atoms with Gasteiger partial charge in [0.15, 0.2) is 5.82 Å². The summed E-state index contributed by atoms with van der Waals surface area (Å²) in [6.07, 6.45) is 1.70. The summed E-state index contributed by atoms with van der Waals surface area (Å²) in [7, 11) is 1.60. The monoisotopic (exact) mass is 229 g/mol. The molecule has 0 aromatic carbocycles. The molecule has 2 rings (SSSR count). The van der Waals surface area contributed by atoms with E-state index in [1.165, 1.54) is 0 Å². The molecule has 0 spiro atoms. The molecule has 0 radical (unpaired) electrons. The number of hydrogen-bond acceptors (Lipinski definition) is 4. The Bertz CT molecular complexity index is 529. The van der Waals surface area contributed by atoms with E-state index in [9.17, 15) is 0 Å². The van der Waals surface area contributed by atoms with Gasteiger partial charge in [-0.25, -0.2) is 15.0 Å². The van der Waals surface area contributed by atoms with Crippen LogP contribution in [-0.2, 0) is 0 Å².